The van der Waals surface area contributed by atoms with Gasteiger partial charge in [-0.1, -0.05) is 0 Å². The number of aryl methyl sites for hydroxylation is 1. The van der Waals surface area contributed by atoms with E-state index < -0.39 is 5.97 Å². The number of Topliss-reactive ketones (excluding diaryl/α,β-unsaturated/α-hetero) is 1. The van der Waals surface area contributed by atoms with Crippen LogP contribution in [-0.4, -0.2) is 36.2 Å². The molecule has 2 heterocycles. The molecule has 0 saturated heterocycles. The molecule has 0 fully saturated rings. The van der Waals surface area contributed by atoms with Gasteiger partial charge in [-0.15, -0.1) is 0 Å². The molecule has 0 bridgehead atoms. The number of carbonyl (C=O) groups is 2. The second-order valence-electron chi connectivity index (χ2n) is 6.63. The van der Waals surface area contributed by atoms with Crippen LogP contribution in [0, 0.1) is 13.8 Å². The number of esters is 1. The van der Waals surface area contributed by atoms with Crippen LogP contribution in [0.5, 0.6) is 11.5 Å². The Kier molecular flexibility index (Phi) is 5.51. The Morgan fingerprint density at radius 3 is 2.74 bits per heavy atom. The second-order valence-corrected chi connectivity index (χ2v) is 6.63. The molecule has 0 saturated carbocycles. The Morgan fingerprint density at radius 1 is 1.26 bits per heavy atom. The molecular formula is C20H25N2O5+. The smallest absolute Gasteiger partial charge is 0.340 e. The van der Waals surface area contributed by atoms with E-state index in [1.165, 1.54) is 0 Å². The summed E-state index contributed by atoms with van der Waals surface area (Å²) in [5, 5.41) is 1.96. The summed E-state index contributed by atoms with van der Waals surface area (Å²) in [6.07, 6.45) is 0. The summed E-state index contributed by atoms with van der Waals surface area (Å²) in [5.74, 6) is 1.02. The molecular weight excluding hydrogens is 348 g/mol. The summed E-state index contributed by atoms with van der Waals surface area (Å²) < 4.78 is 15.8. The molecule has 27 heavy (non-hydrogen) atoms. The standard InChI is InChI=1S/C20H24N2O5/c1-5-25-20(24)17-11(2)18(22-12(17)3)19(23)13(4)21-9-14-6-7-15-16(8-14)27-10-26-15/h6-8,13,21-22H,5,9-10H2,1-4H3/p+1/t13-/m1/s1. The number of aromatic nitrogens is 1. The molecule has 3 N–H and O–H groups in total. The first-order chi connectivity index (χ1) is 12.9. The first-order valence-electron chi connectivity index (χ1n) is 9.04. The highest BCUT2D eigenvalue weighted by molar-refractivity contribution is 6.03. The lowest BCUT2D eigenvalue weighted by Gasteiger charge is -2.10. The second kappa shape index (κ2) is 7.84. The highest BCUT2D eigenvalue weighted by atomic mass is 16.7. The quantitative estimate of drug-likeness (QED) is 0.571. The van der Waals surface area contributed by atoms with E-state index in [1.807, 2.05) is 30.4 Å². The fourth-order valence-corrected chi connectivity index (χ4v) is 3.22. The number of nitrogens with two attached hydrogens (primary N) is 1. The normalized spacial score (nSPS) is 13.5. The summed E-state index contributed by atoms with van der Waals surface area (Å²) in [7, 11) is 0. The highest BCUT2D eigenvalue weighted by Gasteiger charge is 2.27. The topological polar surface area (TPSA) is 94.2 Å². The van der Waals surface area contributed by atoms with Crippen LogP contribution in [0.1, 0.15) is 51.5 Å². The van der Waals surface area contributed by atoms with Gasteiger partial charge in [-0.2, -0.15) is 0 Å². The summed E-state index contributed by atoms with van der Waals surface area (Å²) in [6, 6.07) is 5.47. The fourth-order valence-electron chi connectivity index (χ4n) is 3.22. The summed E-state index contributed by atoms with van der Waals surface area (Å²) >= 11 is 0. The zero-order valence-corrected chi connectivity index (χ0v) is 16.0. The number of hydrogen-bond donors (Lipinski definition) is 2. The Labute approximate surface area is 158 Å². The van der Waals surface area contributed by atoms with E-state index in [9.17, 15) is 9.59 Å². The van der Waals surface area contributed by atoms with Crippen LogP contribution in [0.25, 0.3) is 0 Å². The van der Waals surface area contributed by atoms with E-state index >= 15 is 0 Å². The monoisotopic (exact) mass is 373 g/mol. The van der Waals surface area contributed by atoms with Crippen molar-refractivity contribution < 1.29 is 29.1 Å². The maximum Gasteiger partial charge on any atom is 0.340 e. The van der Waals surface area contributed by atoms with Gasteiger partial charge in [-0.25, -0.2) is 4.79 Å². The van der Waals surface area contributed by atoms with Crippen molar-refractivity contribution in [2.45, 2.75) is 40.3 Å². The largest absolute Gasteiger partial charge is 0.462 e. The molecule has 0 aliphatic carbocycles. The van der Waals surface area contributed by atoms with Crippen LogP contribution in [0.2, 0.25) is 0 Å². The van der Waals surface area contributed by atoms with E-state index in [1.54, 1.807) is 20.8 Å². The van der Waals surface area contributed by atoms with Crippen molar-refractivity contribution in [1.29, 1.82) is 0 Å². The van der Waals surface area contributed by atoms with Crippen LogP contribution in [0.3, 0.4) is 0 Å². The SMILES string of the molecule is CCOC(=O)c1c(C)[nH]c(C(=O)[C@@H](C)[NH2+]Cc2ccc3c(c2)OCO3)c1C. The van der Waals surface area contributed by atoms with Crippen molar-refractivity contribution in [2.75, 3.05) is 13.4 Å². The number of H-pyrrole nitrogens is 1. The van der Waals surface area contributed by atoms with Gasteiger partial charge >= 0.3 is 5.97 Å². The van der Waals surface area contributed by atoms with Crippen LogP contribution < -0.4 is 14.8 Å². The lowest BCUT2D eigenvalue weighted by atomic mass is 10.0. The van der Waals surface area contributed by atoms with E-state index in [0.717, 1.165) is 17.1 Å². The molecule has 7 heteroatoms. The minimum absolute atomic E-state index is 0.0492. The Bertz CT molecular complexity index is 871. The number of fused-ring (bicyclic) bond motifs is 1. The maximum atomic E-state index is 12.9. The number of nitrogens with one attached hydrogen (secondary N) is 1. The number of carbonyl (C=O) groups excluding carboxylic acids is 2. The summed E-state index contributed by atoms with van der Waals surface area (Å²) in [6.45, 7) is 8.33. The van der Waals surface area contributed by atoms with E-state index in [4.69, 9.17) is 14.2 Å². The fraction of sp³-hybridized carbons (Fsp3) is 0.400. The van der Waals surface area contributed by atoms with Gasteiger partial charge in [0.05, 0.1) is 17.9 Å². The van der Waals surface area contributed by atoms with Crippen LogP contribution >= 0.6 is 0 Å². The molecule has 7 nitrogen and oxygen atoms in total. The molecule has 0 spiro atoms. The predicted octanol–water partition coefficient (Wildman–Crippen LogP) is 1.87. The van der Waals surface area contributed by atoms with Crippen molar-refractivity contribution in [3.8, 4) is 11.5 Å². The van der Waals surface area contributed by atoms with Crippen molar-refractivity contribution >= 4 is 11.8 Å². The molecule has 1 atom stereocenters. The van der Waals surface area contributed by atoms with E-state index in [-0.39, 0.29) is 18.6 Å². The Hall–Kier alpha value is -2.80. The number of ether oxygens (including phenoxy) is 3. The average molecular weight is 373 g/mol. The lowest BCUT2D eigenvalue weighted by molar-refractivity contribution is -0.687. The summed E-state index contributed by atoms with van der Waals surface area (Å²) in [4.78, 5) is 28.0. The molecule has 0 amide bonds. The Balaban J connectivity index is 1.68. The molecule has 1 aliphatic heterocycles. The van der Waals surface area contributed by atoms with Crippen molar-refractivity contribution in [1.82, 2.24) is 4.98 Å². The van der Waals surface area contributed by atoms with Crippen molar-refractivity contribution in [2.24, 2.45) is 0 Å². The van der Waals surface area contributed by atoms with Crippen LogP contribution in [0.4, 0.5) is 0 Å². The number of ketones is 1. The number of aromatic amines is 1. The Morgan fingerprint density at radius 2 is 2.00 bits per heavy atom. The predicted molar refractivity (Wildman–Crippen MR) is 98.2 cm³/mol. The van der Waals surface area contributed by atoms with Gasteiger partial charge in [0.2, 0.25) is 12.6 Å². The van der Waals surface area contributed by atoms with E-state index in [0.29, 0.717) is 35.7 Å². The van der Waals surface area contributed by atoms with Gasteiger partial charge in [0.25, 0.3) is 0 Å². The molecule has 144 valence electrons. The summed E-state index contributed by atoms with van der Waals surface area (Å²) in [5.41, 5.74) is 3.25. The third kappa shape index (κ3) is 3.83. The van der Waals surface area contributed by atoms with Gasteiger partial charge in [-0.3, -0.25) is 4.79 Å². The van der Waals surface area contributed by atoms with Gasteiger partial charge < -0.3 is 24.5 Å². The molecule has 0 radical (unpaired) electrons. The number of hydrogen-bond acceptors (Lipinski definition) is 5. The number of quaternary nitrogens is 1. The van der Waals surface area contributed by atoms with Gasteiger partial charge in [0.15, 0.2) is 11.5 Å². The first kappa shape index (κ1) is 19.0. The molecule has 3 rings (SSSR count). The molecule has 1 aliphatic rings. The molecule has 2 aromatic rings. The van der Waals surface area contributed by atoms with E-state index in [2.05, 4.69) is 4.98 Å². The van der Waals surface area contributed by atoms with Crippen molar-refractivity contribution in [3.05, 3.63) is 46.3 Å². The lowest BCUT2D eigenvalue weighted by Crippen LogP contribution is -2.89. The third-order valence-electron chi connectivity index (χ3n) is 4.72. The van der Waals surface area contributed by atoms with Gasteiger partial charge in [0.1, 0.15) is 12.6 Å². The van der Waals surface area contributed by atoms with Crippen LogP contribution in [-0.2, 0) is 11.3 Å². The maximum absolute atomic E-state index is 12.9. The third-order valence-corrected chi connectivity index (χ3v) is 4.72. The minimum Gasteiger partial charge on any atom is -0.462 e. The number of rotatable bonds is 7. The highest BCUT2D eigenvalue weighted by Crippen LogP contribution is 2.32. The number of benzene rings is 1. The first-order valence-corrected chi connectivity index (χ1v) is 9.04. The van der Waals surface area contributed by atoms with Crippen LogP contribution in [0.15, 0.2) is 18.2 Å². The van der Waals surface area contributed by atoms with Crippen molar-refractivity contribution in [3.63, 3.8) is 0 Å². The van der Waals surface area contributed by atoms with Gasteiger partial charge in [-0.05, 0) is 51.5 Å². The average Bonchev–Trinajstić information content (AvgIpc) is 3.22. The molecule has 1 aromatic carbocycles. The zero-order valence-electron chi connectivity index (χ0n) is 16.0. The minimum atomic E-state index is -0.403. The van der Waals surface area contributed by atoms with Gasteiger partial charge in [0, 0.05) is 11.3 Å². The molecule has 0 unspecified atom stereocenters. The zero-order chi connectivity index (χ0) is 19.6. The molecule has 1 aromatic heterocycles.